The molecule has 2 bridgehead atoms. The summed E-state index contributed by atoms with van der Waals surface area (Å²) in [5.41, 5.74) is 0.712. The number of hydrogen-bond donors (Lipinski definition) is 2. The van der Waals surface area contributed by atoms with Gasteiger partial charge >= 0.3 is 0 Å². The molecular formula is C28H38N2O4. The number of benzene rings is 1. The lowest BCUT2D eigenvalue weighted by atomic mass is 9.48. The molecule has 1 spiro atoms. The number of hydrogen-bond acceptors (Lipinski definition) is 5. The maximum absolute atomic E-state index is 13.1. The van der Waals surface area contributed by atoms with Gasteiger partial charge in [-0.15, -0.1) is 0 Å². The number of ether oxygens (including phenoxy) is 1. The smallest absolute Gasteiger partial charge is 0.246 e. The lowest BCUT2D eigenvalue weighted by molar-refractivity contribution is -0.200. The van der Waals surface area contributed by atoms with Crippen LogP contribution in [0.15, 0.2) is 24.3 Å². The second-order valence-corrected chi connectivity index (χ2v) is 11.9. The van der Waals surface area contributed by atoms with Crippen molar-refractivity contribution in [3.05, 3.63) is 35.4 Å². The van der Waals surface area contributed by atoms with Crippen LogP contribution in [-0.4, -0.2) is 69.8 Å². The summed E-state index contributed by atoms with van der Waals surface area (Å²) in [6.45, 7) is 6.28. The fourth-order valence-corrected chi connectivity index (χ4v) is 7.57. The van der Waals surface area contributed by atoms with Gasteiger partial charge in [0.05, 0.1) is 17.1 Å². The zero-order valence-electron chi connectivity index (χ0n) is 20.7. The van der Waals surface area contributed by atoms with Crippen LogP contribution in [0.1, 0.15) is 63.5 Å². The van der Waals surface area contributed by atoms with E-state index in [9.17, 15) is 15.0 Å². The Balaban J connectivity index is 1.39. The van der Waals surface area contributed by atoms with E-state index in [-0.39, 0.29) is 29.8 Å². The maximum atomic E-state index is 13.1. The number of allylic oxidation sites excluding steroid dienone is 1. The van der Waals surface area contributed by atoms with Gasteiger partial charge < -0.3 is 19.8 Å². The monoisotopic (exact) mass is 466 g/mol. The van der Waals surface area contributed by atoms with E-state index in [0.29, 0.717) is 24.5 Å². The average molecular weight is 467 g/mol. The zero-order valence-corrected chi connectivity index (χ0v) is 20.7. The van der Waals surface area contributed by atoms with E-state index in [0.717, 1.165) is 43.8 Å². The van der Waals surface area contributed by atoms with E-state index in [4.69, 9.17) is 4.74 Å². The summed E-state index contributed by atoms with van der Waals surface area (Å²) >= 11 is 0. The van der Waals surface area contributed by atoms with Gasteiger partial charge in [-0.25, -0.2) is 0 Å². The van der Waals surface area contributed by atoms with Crippen LogP contribution in [0.2, 0.25) is 0 Å². The van der Waals surface area contributed by atoms with Crippen molar-refractivity contribution >= 4 is 5.91 Å². The normalized spacial score (nSPS) is 36.0. The molecule has 2 aliphatic heterocycles. The van der Waals surface area contributed by atoms with E-state index in [1.807, 2.05) is 24.1 Å². The van der Waals surface area contributed by atoms with Gasteiger partial charge in [0.25, 0.3) is 0 Å². The number of carbonyl (C=O) groups is 1. The molecule has 2 N–H and O–H groups in total. The van der Waals surface area contributed by atoms with Crippen LogP contribution < -0.4 is 4.74 Å². The summed E-state index contributed by atoms with van der Waals surface area (Å²) in [4.78, 5) is 17.5. The van der Waals surface area contributed by atoms with Gasteiger partial charge in [-0.2, -0.15) is 0 Å². The van der Waals surface area contributed by atoms with Crippen LogP contribution >= 0.6 is 0 Å². The number of likely N-dealkylation sites (tertiary alicyclic amines) is 1. The first-order chi connectivity index (χ1) is 16.3. The average Bonchev–Trinajstić information content (AvgIpc) is 3.54. The molecule has 5 atom stereocenters. The standard InChI is InChI=1S/C28H38N2O4/c1-17(2)5-4-6-23(32)29(3)20-11-12-28(33)22-15-19-9-10-21(31)25-24(19)27(28,26(20)34-25)13-14-30(22)16-18-7-8-18/h4,6,9-10,17-18,20,22,26,31,33H,5,7-8,11-16H2,1-3H3/b6-4+/t20-,22+,26-,27-,28+/m0/s1. The lowest BCUT2D eigenvalue weighted by Crippen LogP contribution is -2.78. The Labute approximate surface area is 202 Å². The maximum Gasteiger partial charge on any atom is 0.246 e. The van der Waals surface area contributed by atoms with Gasteiger partial charge in [0.1, 0.15) is 6.10 Å². The number of phenols is 1. The molecule has 6 heteroatoms. The number of likely N-dealkylation sites (N-methyl/N-ethyl adjacent to an activating group) is 1. The predicted octanol–water partition coefficient (Wildman–Crippen LogP) is 3.39. The summed E-state index contributed by atoms with van der Waals surface area (Å²) in [5, 5.41) is 23.3. The van der Waals surface area contributed by atoms with Gasteiger partial charge in [-0.05, 0) is 81.0 Å². The Bertz CT molecular complexity index is 1030. The minimum absolute atomic E-state index is 0.0185. The molecule has 3 fully saturated rings. The molecule has 34 heavy (non-hydrogen) atoms. The van der Waals surface area contributed by atoms with Crippen LogP contribution in [0, 0.1) is 11.8 Å². The van der Waals surface area contributed by atoms with E-state index >= 15 is 0 Å². The Kier molecular flexibility index (Phi) is 5.09. The molecule has 0 radical (unpaired) electrons. The highest BCUT2D eigenvalue weighted by atomic mass is 16.5. The minimum Gasteiger partial charge on any atom is -0.504 e. The number of carbonyl (C=O) groups excluding carboxylic acids is 1. The topological polar surface area (TPSA) is 73.2 Å². The third-order valence-electron chi connectivity index (χ3n) is 9.44. The molecule has 2 saturated carbocycles. The van der Waals surface area contributed by atoms with E-state index in [1.54, 1.807) is 12.1 Å². The number of rotatable bonds is 6. The van der Waals surface area contributed by atoms with Crippen LogP contribution in [0.4, 0.5) is 0 Å². The molecule has 1 aromatic rings. The molecule has 0 aromatic heterocycles. The molecule has 6 nitrogen and oxygen atoms in total. The molecule has 6 rings (SSSR count). The molecule has 3 aliphatic carbocycles. The number of aromatic hydroxyl groups is 1. The minimum atomic E-state index is -0.912. The summed E-state index contributed by atoms with van der Waals surface area (Å²) in [6, 6.07) is 3.68. The molecule has 184 valence electrons. The third-order valence-corrected chi connectivity index (χ3v) is 9.44. The highest BCUT2D eigenvalue weighted by Crippen LogP contribution is 2.66. The van der Waals surface area contributed by atoms with Crippen molar-refractivity contribution < 1.29 is 19.7 Å². The molecule has 1 aromatic carbocycles. The first-order valence-electron chi connectivity index (χ1n) is 13.2. The van der Waals surface area contributed by atoms with Gasteiger partial charge in [-0.3, -0.25) is 9.69 Å². The molecule has 0 unspecified atom stereocenters. The second-order valence-electron chi connectivity index (χ2n) is 11.9. The number of piperidine rings is 1. The summed E-state index contributed by atoms with van der Waals surface area (Å²) < 4.78 is 6.58. The predicted molar refractivity (Wildman–Crippen MR) is 130 cm³/mol. The van der Waals surface area contributed by atoms with Crippen molar-refractivity contribution in [3.63, 3.8) is 0 Å². The Morgan fingerprint density at radius 2 is 2.09 bits per heavy atom. The summed E-state index contributed by atoms with van der Waals surface area (Å²) in [5.74, 6) is 1.94. The highest BCUT2D eigenvalue weighted by molar-refractivity contribution is 5.87. The van der Waals surface area contributed by atoms with E-state index in [1.165, 1.54) is 18.4 Å². The number of aliphatic hydroxyl groups is 1. The summed E-state index contributed by atoms with van der Waals surface area (Å²) in [7, 11) is 1.86. The molecule has 5 aliphatic rings. The van der Waals surface area contributed by atoms with Crippen molar-refractivity contribution in [1.29, 1.82) is 0 Å². The number of amides is 1. The zero-order chi connectivity index (χ0) is 23.8. The second kappa shape index (κ2) is 7.72. The molecule has 1 saturated heterocycles. The Morgan fingerprint density at radius 1 is 1.29 bits per heavy atom. The van der Waals surface area contributed by atoms with Crippen LogP contribution in [-0.2, 0) is 16.6 Å². The van der Waals surface area contributed by atoms with Crippen LogP contribution in [0.3, 0.4) is 0 Å². The van der Waals surface area contributed by atoms with Crippen molar-refractivity contribution in [1.82, 2.24) is 9.80 Å². The molecule has 2 heterocycles. The van der Waals surface area contributed by atoms with Crippen molar-refractivity contribution in [3.8, 4) is 11.5 Å². The lowest BCUT2D eigenvalue weighted by Gasteiger charge is -2.64. The fraction of sp³-hybridized carbons (Fsp3) is 0.679. The molecule has 1 amide bonds. The fourth-order valence-electron chi connectivity index (χ4n) is 7.57. The first kappa shape index (κ1) is 22.4. The van der Waals surface area contributed by atoms with E-state index in [2.05, 4.69) is 18.7 Å². The number of nitrogens with zero attached hydrogens (tertiary/aromatic N) is 2. The third kappa shape index (κ3) is 3.03. The van der Waals surface area contributed by atoms with Gasteiger partial charge in [-0.1, -0.05) is 26.0 Å². The summed E-state index contributed by atoms with van der Waals surface area (Å²) in [6.07, 6.45) is 9.68. The van der Waals surface area contributed by atoms with Crippen molar-refractivity contribution in [2.45, 2.75) is 88.0 Å². The Morgan fingerprint density at radius 3 is 2.82 bits per heavy atom. The van der Waals surface area contributed by atoms with Crippen molar-refractivity contribution in [2.24, 2.45) is 11.8 Å². The number of phenolic OH excluding ortho intramolecular Hbond substituents is 1. The first-order valence-corrected chi connectivity index (χ1v) is 13.2. The largest absolute Gasteiger partial charge is 0.504 e. The molecular weight excluding hydrogens is 428 g/mol. The Hall–Kier alpha value is -2.05. The van der Waals surface area contributed by atoms with E-state index < -0.39 is 11.0 Å². The highest BCUT2D eigenvalue weighted by Gasteiger charge is 2.73. The van der Waals surface area contributed by atoms with Crippen molar-refractivity contribution in [2.75, 3.05) is 20.1 Å². The van der Waals surface area contributed by atoms with Gasteiger partial charge in [0.15, 0.2) is 11.5 Å². The van der Waals surface area contributed by atoms with Crippen LogP contribution in [0.25, 0.3) is 0 Å². The van der Waals surface area contributed by atoms with Gasteiger partial charge in [0, 0.05) is 25.2 Å². The van der Waals surface area contributed by atoms with Gasteiger partial charge in [0.2, 0.25) is 5.91 Å². The SMILES string of the molecule is CC(C)C/C=C/C(=O)N(C)[C@H]1CC[C@@]2(O)[C@H]3Cc4ccc(O)c5c4[C@@]2(CCN3CC2CC2)[C@H]1O5. The van der Waals surface area contributed by atoms with Crippen LogP contribution in [0.5, 0.6) is 11.5 Å². The quantitative estimate of drug-likeness (QED) is 0.629.